The second-order valence-corrected chi connectivity index (χ2v) is 2.46. The quantitative estimate of drug-likeness (QED) is 0.551. The van der Waals surface area contributed by atoms with E-state index in [1.165, 1.54) is 0 Å². The summed E-state index contributed by atoms with van der Waals surface area (Å²) in [6.45, 7) is 1.87. The minimum Gasteiger partial charge on any atom is -0.250 e. The van der Waals surface area contributed by atoms with Crippen LogP contribution in [0.15, 0.2) is 12.4 Å². The molecule has 0 saturated carbocycles. The molecular formula is C7H8N4. The van der Waals surface area contributed by atoms with Crippen LogP contribution in [0, 0.1) is 6.92 Å². The molecule has 11 heavy (non-hydrogen) atoms. The van der Waals surface area contributed by atoms with E-state index >= 15 is 0 Å². The number of nitrogens with zero attached hydrogens (tertiary/aromatic N) is 4. The highest BCUT2D eigenvalue weighted by Gasteiger charge is 1.99. The van der Waals surface area contributed by atoms with Crippen LogP contribution in [-0.2, 0) is 7.05 Å². The second kappa shape index (κ2) is 2.02. The van der Waals surface area contributed by atoms with Crippen LogP contribution in [0.5, 0.6) is 0 Å². The Morgan fingerprint density at radius 2 is 2.18 bits per heavy atom. The van der Waals surface area contributed by atoms with Gasteiger partial charge in [-0.15, -0.1) is 0 Å². The molecule has 0 bridgehead atoms. The molecular weight excluding hydrogens is 140 g/mol. The second-order valence-electron chi connectivity index (χ2n) is 2.46. The lowest BCUT2D eigenvalue weighted by molar-refractivity contribution is 0.783. The number of aromatic nitrogens is 4. The Morgan fingerprint density at radius 1 is 1.36 bits per heavy atom. The van der Waals surface area contributed by atoms with Crippen molar-refractivity contribution < 1.29 is 0 Å². The van der Waals surface area contributed by atoms with Crippen LogP contribution >= 0.6 is 0 Å². The van der Waals surface area contributed by atoms with Crippen LogP contribution in [0.25, 0.3) is 11.0 Å². The van der Waals surface area contributed by atoms with Gasteiger partial charge >= 0.3 is 0 Å². The van der Waals surface area contributed by atoms with Crippen molar-refractivity contribution in [3.8, 4) is 0 Å². The molecule has 0 radical (unpaired) electrons. The number of fused-ring (bicyclic) bond motifs is 1. The van der Waals surface area contributed by atoms with Gasteiger partial charge in [-0.05, 0) is 6.92 Å². The zero-order valence-electron chi connectivity index (χ0n) is 6.44. The summed E-state index contributed by atoms with van der Waals surface area (Å²) in [7, 11) is 1.87. The van der Waals surface area contributed by atoms with Crippen LogP contribution in [-0.4, -0.2) is 19.7 Å². The third kappa shape index (κ3) is 0.869. The molecule has 2 aromatic heterocycles. The summed E-state index contributed by atoms with van der Waals surface area (Å²) in [6.07, 6.45) is 3.54. The maximum atomic E-state index is 4.22. The first-order chi connectivity index (χ1) is 5.27. The van der Waals surface area contributed by atoms with Crippen molar-refractivity contribution in [2.24, 2.45) is 7.05 Å². The Hall–Kier alpha value is -1.45. The third-order valence-corrected chi connectivity index (χ3v) is 1.59. The van der Waals surface area contributed by atoms with Crippen LogP contribution < -0.4 is 0 Å². The lowest BCUT2D eigenvalue weighted by atomic mass is 10.4. The van der Waals surface area contributed by atoms with Gasteiger partial charge in [-0.2, -0.15) is 5.10 Å². The minimum atomic E-state index is 0.779. The smallest absolute Gasteiger partial charge is 0.161 e. The van der Waals surface area contributed by atoms with Gasteiger partial charge in [0.05, 0.1) is 11.6 Å². The van der Waals surface area contributed by atoms with Crippen molar-refractivity contribution in [3.05, 3.63) is 18.2 Å². The minimum absolute atomic E-state index is 0.779. The van der Waals surface area contributed by atoms with E-state index in [-0.39, 0.29) is 0 Å². The Kier molecular flexibility index (Phi) is 1.15. The normalized spacial score (nSPS) is 10.7. The topological polar surface area (TPSA) is 43.6 Å². The molecule has 0 atom stereocenters. The van der Waals surface area contributed by atoms with Gasteiger partial charge < -0.3 is 0 Å². The van der Waals surface area contributed by atoms with E-state index in [0.717, 1.165) is 16.9 Å². The van der Waals surface area contributed by atoms with E-state index in [4.69, 9.17) is 0 Å². The van der Waals surface area contributed by atoms with Crippen molar-refractivity contribution in [1.82, 2.24) is 19.7 Å². The summed E-state index contributed by atoms with van der Waals surface area (Å²) in [5.74, 6) is 0.779. The molecule has 0 saturated heterocycles. The molecule has 0 aromatic carbocycles. The fourth-order valence-electron chi connectivity index (χ4n) is 1.02. The predicted molar refractivity (Wildman–Crippen MR) is 41.0 cm³/mol. The fourth-order valence-corrected chi connectivity index (χ4v) is 1.02. The predicted octanol–water partition coefficient (Wildman–Crippen LogP) is 0.672. The monoisotopic (exact) mass is 148 g/mol. The molecule has 4 nitrogen and oxygen atoms in total. The maximum absolute atomic E-state index is 4.22. The summed E-state index contributed by atoms with van der Waals surface area (Å²) in [6, 6.07) is 0. The van der Waals surface area contributed by atoms with Crippen molar-refractivity contribution in [2.75, 3.05) is 0 Å². The zero-order valence-corrected chi connectivity index (χ0v) is 6.44. The summed E-state index contributed by atoms with van der Waals surface area (Å²) >= 11 is 0. The zero-order chi connectivity index (χ0) is 7.84. The molecule has 0 aliphatic heterocycles. The molecule has 0 amide bonds. The van der Waals surface area contributed by atoms with E-state index in [9.17, 15) is 0 Å². The summed E-state index contributed by atoms with van der Waals surface area (Å²) in [5, 5.41) is 5.04. The Labute approximate surface area is 63.9 Å². The fraction of sp³-hybridized carbons (Fsp3) is 0.286. The lowest BCUT2D eigenvalue weighted by Gasteiger charge is -1.92. The van der Waals surface area contributed by atoms with Gasteiger partial charge in [-0.3, -0.25) is 4.68 Å². The highest BCUT2D eigenvalue weighted by atomic mass is 15.3. The Balaban J connectivity index is 2.87. The average molecular weight is 148 g/mol. The number of aryl methyl sites for hydroxylation is 2. The average Bonchev–Trinajstić information content (AvgIpc) is 2.33. The van der Waals surface area contributed by atoms with Gasteiger partial charge in [-0.1, -0.05) is 0 Å². The first-order valence-electron chi connectivity index (χ1n) is 3.39. The molecule has 0 aliphatic rings. The van der Waals surface area contributed by atoms with Crippen LogP contribution in [0.2, 0.25) is 0 Å². The van der Waals surface area contributed by atoms with Crippen molar-refractivity contribution >= 4 is 11.0 Å². The number of rotatable bonds is 0. The Morgan fingerprint density at radius 3 is 3.00 bits per heavy atom. The van der Waals surface area contributed by atoms with Crippen LogP contribution in [0.1, 0.15) is 5.82 Å². The largest absolute Gasteiger partial charge is 0.250 e. The molecule has 2 rings (SSSR count). The molecule has 0 unspecified atom stereocenters. The van der Waals surface area contributed by atoms with Gasteiger partial charge in [0.2, 0.25) is 0 Å². The molecule has 2 aromatic rings. The molecule has 0 spiro atoms. The highest BCUT2D eigenvalue weighted by Crippen LogP contribution is 2.07. The summed E-state index contributed by atoms with van der Waals surface area (Å²) < 4.78 is 1.74. The highest BCUT2D eigenvalue weighted by molar-refractivity contribution is 5.72. The van der Waals surface area contributed by atoms with E-state index < -0.39 is 0 Å². The third-order valence-electron chi connectivity index (χ3n) is 1.59. The SMILES string of the molecule is Cc1ncc2cnn(C)c2n1. The maximum Gasteiger partial charge on any atom is 0.161 e. The summed E-state index contributed by atoms with van der Waals surface area (Å²) in [5.41, 5.74) is 0.887. The van der Waals surface area contributed by atoms with Crippen LogP contribution in [0.4, 0.5) is 0 Å². The van der Waals surface area contributed by atoms with E-state index in [2.05, 4.69) is 15.1 Å². The van der Waals surface area contributed by atoms with Crippen molar-refractivity contribution in [3.63, 3.8) is 0 Å². The van der Waals surface area contributed by atoms with Gasteiger partial charge in [0.25, 0.3) is 0 Å². The van der Waals surface area contributed by atoms with Gasteiger partial charge in [0, 0.05) is 13.2 Å². The molecule has 0 aliphatic carbocycles. The molecule has 0 N–H and O–H groups in total. The van der Waals surface area contributed by atoms with E-state index in [1.54, 1.807) is 17.1 Å². The van der Waals surface area contributed by atoms with E-state index in [0.29, 0.717) is 0 Å². The standard InChI is InChI=1S/C7H8N4/c1-5-8-3-6-4-9-11(2)7(6)10-5/h3-4H,1-2H3. The number of hydrogen-bond donors (Lipinski definition) is 0. The Bertz CT molecular complexity index is 390. The van der Waals surface area contributed by atoms with Crippen LogP contribution in [0.3, 0.4) is 0 Å². The lowest BCUT2D eigenvalue weighted by Crippen LogP contribution is -1.93. The van der Waals surface area contributed by atoms with Crippen molar-refractivity contribution in [2.45, 2.75) is 6.92 Å². The van der Waals surface area contributed by atoms with Crippen molar-refractivity contribution in [1.29, 1.82) is 0 Å². The first kappa shape index (κ1) is 6.27. The van der Waals surface area contributed by atoms with Gasteiger partial charge in [-0.25, -0.2) is 9.97 Å². The number of hydrogen-bond acceptors (Lipinski definition) is 3. The summed E-state index contributed by atoms with van der Waals surface area (Å²) in [4.78, 5) is 8.28. The molecule has 4 heteroatoms. The van der Waals surface area contributed by atoms with Gasteiger partial charge in [0.15, 0.2) is 5.65 Å². The molecule has 0 fully saturated rings. The molecule has 56 valence electrons. The van der Waals surface area contributed by atoms with Gasteiger partial charge in [0.1, 0.15) is 5.82 Å². The molecule has 2 heterocycles. The first-order valence-corrected chi connectivity index (χ1v) is 3.39. The van der Waals surface area contributed by atoms with E-state index in [1.807, 2.05) is 14.0 Å².